The molecule has 0 aliphatic carbocycles. The zero-order valence-corrected chi connectivity index (χ0v) is 15.5. The summed E-state index contributed by atoms with van der Waals surface area (Å²) in [7, 11) is 0. The van der Waals surface area contributed by atoms with E-state index in [1.54, 1.807) is 17.0 Å². The number of nitrogens with zero attached hydrogens (tertiary/aromatic N) is 1. The Bertz CT molecular complexity index is 757. The molecule has 0 aromatic heterocycles. The van der Waals surface area contributed by atoms with Crippen molar-refractivity contribution in [2.45, 2.75) is 33.1 Å². The number of benzene rings is 2. The van der Waals surface area contributed by atoms with Crippen LogP contribution >= 0.6 is 0 Å². The molecule has 0 radical (unpaired) electrons. The summed E-state index contributed by atoms with van der Waals surface area (Å²) < 4.78 is 13.2. The van der Waals surface area contributed by atoms with Crippen LogP contribution in [0, 0.1) is 5.82 Å². The summed E-state index contributed by atoms with van der Waals surface area (Å²) in [5.41, 5.74) is 2.64. The van der Waals surface area contributed by atoms with Crippen molar-refractivity contribution < 1.29 is 14.0 Å². The van der Waals surface area contributed by atoms with Gasteiger partial charge in [-0.05, 0) is 41.3 Å². The number of hydrogen-bond donors (Lipinski definition) is 1. The number of nitrogens with one attached hydrogen (secondary N) is 1. The van der Waals surface area contributed by atoms with Crippen molar-refractivity contribution in [3.8, 4) is 0 Å². The van der Waals surface area contributed by atoms with Crippen LogP contribution in [-0.4, -0.2) is 24.9 Å². The Labute approximate surface area is 154 Å². The Hall–Kier alpha value is -2.69. The molecule has 2 rings (SSSR count). The van der Waals surface area contributed by atoms with Gasteiger partial charge >= 0.3 is 0 Å². The molecule has 1 N–H and O–H groups in total. The molecule has 0 heterocycles. The van der Waals surface area contributed by atoms with Crippen LogP contribution in [-0.2, 0) is 16.0 Å². The Kier molecular flexibility index (Phi) is 6.89. The van der Waals surface area contributed by atoms with E-state index in [4.69, 9.17) is 0 Å². The maximum atomic E-state index is 13.2. The lowest BCUT2D eigenvalue weighted by molar-refractivity contribution is -0.121. The Morgan fingerprint density at radius 3 is 2.38 bits per heavy atom. The number of halogens is 1. The first-order valence-corrected chi connectivity index (χ1v) is 8.76. The van der Waals surface area contributed by atoms with Crippen molar-refractivity contribution in [1.82, 2.24) is 5.32 Å². The van der Waals surface area contributed by atoms with Crippen molar-refractivity contribution >= 4 is 17.5 Å². The minimum atomic E-state index is -0.358. The van der Waals surface area contributed by atoms with Crippen LogP contribution in [0.25, 0.3) is 0 Å². The molecule has 2 aromatic rings. The highest BCUT2D eigenvalue weighted by Gasteiger charge is 2.12. The third-order valence-corrected chi connectivity index (χ3v) is 4.16. The highest BCUT2D eigenvalue weighted by molar-refractivity contribution is 5.91. The standard InChI is InChI=1S/C21H25FN2O2/c1-15(2)18-7-9-20(10-8-18)24(16(3)25)12-11-23-21(26)14-17-5-4-6-19(22)13-17/h4-10,13,15H,11-12,14H2,1-3H3,(H,23,26). The SMILES string of the molecule is CC(=O)N(CCNC(=O)Cc1cccc(F)c1)c1ccc(C(C)C)cc1. The predicted molar refractivity (Wildman–Crippen MR) is 102 cm³/mol. The van der Waals surface area contributed by atoms with E-state index >= 15 is 0 Å². The lowest BCUT2D eigenvalue weighted by Gasteiger charge is -2.22. The zero-order chi connectivity index (χ0) is 19.1. The van der Waals surface area contributed by atoms with Gasteiger partial charge in [0.2, 0.25) is 11.8 Å². The van der Waals surface area contributed by atoms with Gasteiger partial charge in [-0.3, -0.25) is 9.59 Å². The van der Waals surface area contributed by atoms with Gasteiger partial charge in [0.25, 0.3) is 0 Å². The van der Waals surface area contributed by atoms with Crippen molar-refractivity contribution in [3.63, 3.8) is 0 Å². The third kappa shape index (κ3) is 5.69. The summed E-state index contributed by atoms with van der Waals surface area (Å²) in [6, 6.07) is 13.8. The summed E-state index contributed by atoms with van der Waals surface area (Å²) in [4.78, 5) is 25.6. The lowest BCUT2D eigenvalue weighted by atomic mass is 10.0. The second-order valence-electron chi connectivity index (χ2n) is 6.57. The van der Waals surface area contributed by atoms with Crippen LogP contribution < -0.4 is 10.2 Å². The van der Waals surface area contributed by atoms with Gasteiger partial charge in [0.1, 0.15) is 5.82 Å². The topological polar surface area (TPSA) is 49.4 Å². The van der Waals surface area contributed by atoms with Crippen molar-refractivity contribution in [2.24, 2.45) is 0 Å². The molecule has 2 amide bonds. The smallest absolute Gasteiger partial charge is 0.224 e. The highest BCUT2D eigenvalue weighted by Crippen LogP contribution is 2.20. The van der Waals surface area contributed by atoms with Gasteiger partial charge in [0.05, 0.1) is 6.42 Å². The number of carbonyl (C=O) groups is 2. The molecule has 5 heteroatoms. The number of rotatable bonds is 7. The van der Waals surface area contributed by atoms with Crippen LogP contribution in [0.5, 0.6) is 0 Å². The maximum absolute atomic E-state index is 13.2. The van der Waals surface area contributed by atoms with Crippen LogP contribution in [0.3, 0.4) is 0 Å². The highest BCUT2D eigenvalue weighted by atomic mass is 19.1. The monoisotopic (exact) mass is 356 g/mol. The average molecular weight is 356 g/mol. The fourth-order valence-electron chi connectivity index (χ4n) is 2.71. The summed E-state index contributed by atoms with van der Waals surface area (Å²) in [5.74, 6) is -0.212. The molecule has 26 heavy (non-hydrogen) atoms. The third-order valence-electron chi connectivity index (χ3n) is 4.16. The van der Waals surface area contributed by atoms with E-state index in [2.05, 4.69) is 19.2 Å². The number of hydrogen-bond acceptors (Lipinski definition) is 2. The summed E-state index contributed by atoms with van der Waals surface area (Å²) >= 11 is 0. The Morgan fingerprint density at radius 1 is 1.12 bits per heavy atom. The molecule has 138 valence electrons. The number of anilines is 1. The van der Waals surface area contributed by atoms with Gasteiger partial charge in [-0.25, -0.2) is 4.39 Å². The van der Waals surface area contributed by atoms with Crippen LogP contribution in [0.1, 0.15) is 37.8 Å². The first-order valence-electron chi connectivity index (χ1n) is 8.76. The zero-order valence-electron chi connectivity index (χ0n) is 15.5. The Balaban J connectivity index is 1.90. The van der Waals surface area contributed by atoms with E-state index in [0.29, 0.717) is 24.6 Å². The fourth-order valence-corrected chi connectivity index (χ4v) is 2.71. The average Bonchev–Trinajstić information content (AvgIpc) is 2.58. The molecule has 0 atom stereocenters. The van der Waals surface area contributed by atoms with E-state index in [9.17, 15) is 14.0 Å². The normalized spacial score (nSPS) is 10.7. The van der Waals surface area contributed by atoms with Crippen LogP contribution in [0.2, 0.25) is 0 Å². The summed E-state index contributed by atoms with van der Waals surface area (Å²) in [6.45, 7) is 6.45. The van der Waals surface area contributed by atoms with Gasteiger partial charge in [-0.2, -0.15) is 0 Å². The van der Waals surface area contributed by atoms with Crippen LogP contribution in [0.15, 0.2) is 48.5 Å². The molecule has 0 fully saturated rings. The molecular weight excluding hydrogens is 331 g/mol. The summed E-state index contributed by atoms with van der Waals surface area (Å²) in [5, 5.41) is 2.78. The molecule has 0 spiro atoms. The molecule has 0 saturated heterocycles. The van der Waals surface area contributed by atoms with Gasteiger partial charge in [-0.15, -0.1) is 0 Å². The minimum Gasteiger partial charge on any atom is -0.354 e. The second kappa shape index (κ2) is 9.13. The van der Waals surface area contributed by atoms with Gasteiger partial charge in [0.15, 0.2) is 0 Å². The van der Waals surface area contributed by atoms with Crippen LogP contribution in [0.4, 0.5) is 10.1 Å². The number of amides is 2. The van der Waals surface area contributed by atoms with E-state index < -0.39 is 0 Å². The van der Waals surface area contributed by atoms with Gasteiger partial charge in [-0.1, -0.05) is 38.1 Å². The molecule has 0 aliphatic heterocycles. The molecule has 0 saturated carbocycles. The molecule has 2 aromatic carbocycles. The van der Waals surface area contributed by atoms with E-state index in [-0.39, 0.29) is 24.1 Å². The van der Waals surface area contributed by atoms with E-state index in [1.165, 1.54) is 24.6 Å². The number of carbonyl (C=O) groups excluding carboxylic acids is 2. The Morgan fingerprint density at radius 2 is 1.81 bits per heavy atom. The first-order chi connectivity index (χ1) is 12.4. The quantitative estimate of drug-likeness (QED) is 0.823. The van der Waals surface area contributed by atoms with Crippen molar-refractivity contribution in [2.75, 3.05) is 18.0 Å². The molecular formula is C21H25FN2O2. The van der Waals surface area contributed by atoms with Crippen molar-refractivity contribution in [3.05, 3.63) is 65.5 Å². The van der Waals surface area contributed by atoms with Gasteiger partial charge < -0.3 is 10.2 Å². The lowest BCUT2D eigenvalue weighted by Crippen LogP contribution is -2.38. The molecule has 0 bridgehead atoms. The maximum Gasteiger partial charge on any atom is 0.224 e. The fraction of sp³-hybridized carbons (Fsp3) is 0.333. The van der Waals surface area contributed by atoms with E-state index in [1.807, 2.05) is 24.3 Å². The molecule has 0 aliphatic rings. The van der Waals surface area contributed by atoms with Gasteiger partial charge in [0, 0.05) is 25.7 Å². The second-order valence-corrected chi connectivity index (χ2v) is 6.57. The van der Waals surface area contributed by atoms with E-state index in [0.717, 1.165) is 5.69 Å². The predicted octanol–water partition coefficient (Wildman–Crippen LogP) is 3.66. The minimum absolute atomic E-state index is 0.0818. The summed E-state index contributed by atoms with van der Waals surface area (Å²) in [6.07, 6.45) is 0.112. The molecule has 0 unspecified atom stereocenters. The largest absolute Gasteiger partial charge is 0.354 e. The first kappa shape index (κ1) is 19.6. The molecule has 4 nitrogen and oxygen atoms in total. The van der Waals surface area contributed by atoms with Crippen molar-refractivity contribution in [1.29, 1.82) is 0 Å².